The highest BCUT2D eigenvalue weighted by Crippen LogP contribution is 2.24. The third-order valence-corrected chi connectivity index (χ3v) is 3.66. The van der Waals surface area contributed by atoms with Crippen molar-refractivity contribution in [2.24, 2.45) is 0 Å². The molecule has 6 nitrogen and oxygen atoms in total. The standard InChI is InChI=1S/C18H19NO5/c1-11-4-5-12(8-15(11)18(21)22)17(20)19-10-13-6-7-14(23-2)9-16(13)24-3/h4-9H,10H2,1-3H3,(H,19,20)(H,21,22). The first kappa shape index (κ1) is 17.3. The Morgan fingerprint density at radius 1 is 1.08 bits per heavy atom. The lowest BCUT2D eigenvalue weighted by atomic mass is 10.0. The second-order valence-corrected chi connectivity index (χ2v) is 5.20. The van der Waals surface area contributed by atoms with Crippen molar-refractivity contribution >= 4 is 11.9 Å². The van der Waals surface area contributed by atoms with E-state index in [2.05, 4.69) is 5.32 Å². The van der Waals surface area contributed by atoms with Gasteiger partial charge in [0.05, 0.1) is 19.8 Å². The summed E-state index contributed by atoms with van der Waals surface area (Å²) in [5.74, 6) is -0.148. The third-order valence-electron chi connectivity index (χ3n) is 3.66. The Hall–Kier alpha value is -3.02. The Labute approximate surface area is 140 Å². The van der Waals surface area contributed by atoms with Crippen LogP contribution >= 0.6 is 0 Å². The van der Waals surface area contributed by atoms with Crippen molar-refractivity contribution in [3.05, 3.63) is 58.7 Å². The minimum absolute atomic E-state index is 0.115. The first-order valence-electron chi connectivity index (χ1n) is 7.29. The number of carboxylic acid groups (broad SMARTS) is 1. The molecule has 0 atom stereocenters. The van der Waals surface area contributed by atoms with Gasteiger partial charge in [0.1, 0.15) is 11.5 Å². The highest BCUT2D eigenvalue weighted by atomic mass is 16.5. The molecular formula is C18H19NO5. The number of carbonyl (C=O) groups is 2. The molecule has 0 saturated heterocycles. The van der Waals surface area contributed by atoms with Crippen LogP contribution in [0.5, 0.6) is 11.5 Å². The highest BCUT2D eigenvalue weighted by Gasteiger charge is 2.13. The van der Waals surface area contributed by atoms with Crippen LogP contribution in [0.25, 0.3) is 0 Å². The molecule has 0 bridgehead atoms. The molecule has 0 saturated carbocycles. The summed E-state index contributed by atoms with van der Waals surface area (Å²) in [6.45, 7) is 1.94. The molecule has 24 heavy (non-hydrogen) atoms. The van der Waals surface area contributed by atoms with E-state index in [0.717, 1.165) is 5.56 Å². The molecule has 6 heteroatoms. The predicted octanol–water partition coefficient (Wildman–Crippen LogP) is 2.64. The largest absolute Gasteiger partial charge is 0.497 e. The fraction of sp³-hybridized carbons (Fsp3) is 0.222. The first-order chi connectivity index (χ1) is 11.5. The van der Waals surface area contributed by atoms with E-state index in [-0.39, 0.29) is 18.0 Å². The van der Waals surface area contributed by atoms with Gasteiger partial charge in [-0.25, -0.2) is 4.79 Å². The van der Waals surface area contributed by atoms with Crippen molar-refractivity contribution in [3.63, 3.8) is 0 Å². The summed E-state index contributed by atoms with van der Waals surface area (Å²) in [7, 11) is 3.10. The van der Waals surface area contributed by atoms with E-state index in [0.29, 0.717) is 22.6 Å². The minimum atomic E-state index is -1.06. The summed E-state index contributed by atoms with van der Waals surface area (Å²) in [4.78, 5) is 23.4. The molecule has 2 aromatic rings. The summed E-state index contributed by atoms with van der Waals surface area (Å²) in [6.07, 6.45) is 0. The van der Waals surface area contributed by atoms with Crippen LogP contribution in [0.2, 0.25) is 0 Å². The quantitative estimate of drug-likeness (QED) is 0.851. The van der Waals surface area contributed by atoms with Gasteiger partial charge in [0.25, 0.3) is 5.91 Å². The summed E-state index contributed by atoms with van der Waals surface area (Å²) >= 11 is 0. The SMILES string of the molecule is COc1ccc(CNC(=O)c2ccc(C)c(C(=O)O)c2)c(OC)c1. The second kappa shape index (κ2) is 7.50. The average molecular weight is 329 g/mol. The van der Waals surface area contributed by atoms with E-state index in [1.807, 2.05) is 0 Å². The van der Waals surface area contributed by atoms with Gasteiger partial charge >= 0.3 is 5.97 Å². The maximum absolute atomic E-state index is 12.3. The molecule has 0 aliphatic heterocycles. The number of hydrogen-bond donors (Lipinski definition) is 2. The molecule has 0 spiro atoms. The van der Waals surface area contributed by atoms with Gasteiger partial charge in [-0.3, -0.25) is 4.79 Å². The monoisotopic (exact) mass is 329 g/mol. The van der Waals surface area contributed by atoms with Crippen LogP contribution < -0.4 is 14.8 Å². The van der Waals surface area contributed by atoms with Crippen molar-refractivity contribution in [1.82, 2.24) is 5.32 Å². The molecule has 0 fully saturated rings. The Kier molecular flexibility index (Phi) is 5.42. The molecule has 1 amide bonds. The van der Waals surface area contributed by atoms with E-state index in [4.69, 9.17) is 14.6 Å². The molecule has 0 radical (unpaired) electrons. The lowest BCUT2D eigenvalue weighted by Gasteiger charge is -2.12. The number of ether oxygens (including phenoxy) is 2. The zero-order valence-corrected chi connectivity index (χ0v) is 13.8. The highest BCUT2D eigenvalue weighted by molar-refractivity contribution is 5.98. The maximum atomic E-state index is 12.3. The third kappa shape index (κ3) is 3.84. The van der Waals surface area contributed by atoms with E-state index in [1.54, 1.807) is 51.5 Å². The number of carbonyl (C=O) groups excluding carboxylic acids is 1. The van der Waals surface area contributed by atoms with Gasteiger partial charge in [-0.05, 0) is 36.8 Å². The number of benzene rings is 2. The molecule has 0 aromatic heterocycles. The Morgan fingerprint density at radius 3 is 2.46 bits per heavy atom. The number of aryl methyl sites for hydroxylation is 1. The molecule has 0 aliphatic carbocycles. The van der Waals surface area contributed by atoms with Gasteiger partial charge in [-0.1, -0.05) is 6.07 Å². The van der Waals surface area contributed by atoms with Gasteiger partial charge in [-0.15, -0.1) is 0 Å². The van der Waals surface area contributed by atoms with E-state index < -0.39 is 5.97 Å². The van der Waals surface area contributed by atoms with E-state index in [9.17, 15) is 9.59 Å². The summed E-state index contributed by atoms with van der Waals surface area (Å²) < 4.78 is 10.4. The van der Waals surface area contributed by atoms with Crippen molar-refractivity contribution in [2.75, 3.05) is 14.2 Å². The molecule has 0 aliphatic rings. The van der Waals surface area contributed by atoms with Gasteiger partial charge in [0.15, 0.2) is 0 Å². The van der Waals surface area contributed by atoms with Crippen LogP contribution in [0.4, 0.5) is 0 Å². The maximum Gasteiger partial charge on any atom is 0.335 e. The van der Waals surface area contributed by atoms with E-state index >= 15 is 0 Å². The number of nitrogens with one attached hydrogen (secondary N) is 1. The van der Waals surface area contributed by atoms with Gasteiger partial charge in [0, 0.05) is 23.7 Å². The minimum Gasteiger partial charge on any atom is -0.497 e. The lowest BCUT2D eigenvalue weighted by Crippen LogP contribution is -2.23. The topological polar surface area (TPSA) is 84.9 Å². The normalized spacial score (nSPS) is 10.1. The molecule has 2 aromatic carbocycles. The molecule has 0 unspecified atom stereocenters. The Morgan fingerprint density at radius 2 is 1.83 bits per heavy atom. The number of amides is 1. The van der Waals surface area contributed by atoms with Crippen LogP contribution in [-0.2, 0) is 6.54 Å². The first-order valence-corrected chi connectivity index (χ1v) is 7.29. The molecule has 126 valence electrons. The van der Waals surface area contributed by atoms with Crippen LogP contribution in [0.15, 0.2) is 36.4 Å². The summed E-state index contributed by atoms with van der Waals surface area (Å²) in [6, 6.07) is 9.90. The molecule has 2 rings (SSSR count). The number of hydrogen-bond acceptors (Lipinski definition) is 4. The van der Waals surface area contributed by atoms with Gasteiger partial charge in [-0.2, -0.15) is 0 Å². The molecular weight excluding hydrogens is 310 g/mol. The van der Waals surface area contributed by atoms with Crippen molar-refractivity contribution in [1.29, 1.82) is 0 Å². The number of rotatable bonds is 6. The van der Waals surface area contributed by atoms with Gasteiger partial charge < -0.3 is 19.9 Å². The summed E-state index contributed by atoms with van der Waals surface area (Å²) in [5, 5.41) is 11.9. The zero-order chi connectivity index (χ0) is 17.7. The van der Waals surface area contributed by atoms with Crippen molar-refractivity contribution < 1.29 is 24.2 Å². The average Bonchev–Trinajstić information content (AvgIpc) is 2.59. The van der Waals surface area contributed by atoms with Crippen molar-refractivity contribution in [3.8, 4) is 11.5 Å². The Bertz CT molecular complexity index is 770. The van der Waals surface area contributed by atoms with Crippen LogP contribution in [-0.4, -0.2) is 31.2 Å². The Balaban J connectivity index is 2.14. The second-order valence-electron chi connectivity index (χ2n) is 5.20. The van der Waals surface area contributed by atoms with Crippen molar-refractivity contribution in [2.45, 2.75) is 13.5 Å². The summed E-state index contributed by atoms with van der Waals surface area (Å²) in [5.41, 5.74) is 1.81. The van der Waals surface area contributed by atoms with Crippen LogP contribution in [0, 0.1) is 6.92 Å². The predicted molar refractivity (Wildman–Crippen MR) is 88.9 cm³/mol. The molecule has 2 N–H and O–H groups in total. The lowest BCUT2D eigenvalue weighted by molar-refractivity contribution is 0.0696. The van der Waals surface area contributed by atoms with E-state index in [1.165, 1.54) is 6.07 Å². The van der Waals surface area contributed by atoms with Crippen LogP contribution in [0.3, 0.4) is 0 Å². The zero-order valence-electron chi connectivity index (χ0n) is 13.8. The smallest absolute Gasteiger partial charge is 0.335 e. The number of methoxy groups -OCH3 is 2. The fourth-order valence-corrected chi connectivity index (χ4v) is 2.27. The molecule has 0 heterocycles. The number of carboxylic acids is 1. The fourth-order valence-electron chi connectivity index (χ4n) is 2.27. The number of aromatic carboxylic acids is 1. The van der Waals surface area contributed by atoms with Crippen LogP contribution in [0.1, 0.15) is 31.8 Å². The van der Waals surface area contributed by atoms with Gasteiger partial charge in [0.2, 0.25) is 0 Å².